The minimum absolute atomic E-state index is 0.0164. The van der Waals surface area contributed by atoms with E-state index in [0.29, 0.717) is 35.2 Å². The summed E-state index contributed by atoms with van der Waals surface area (Å²) in [6.45, 7) is 10.8. The normalized spacial score (nSPS) is 13.9. The lowest BCUT2D eigenvalue weighted by atomic mass is 9.93. The van der Waals surface area contributed by atoms with Gasteiger partial charge in [0.15, 0.2) is 11.6 Å². The summed E-state index contributed by atoms with van der Waals surface area (Å²) < 4.78 is 45.9. The van der Waals surface area contributed by atoms with Crippen molar-refractivity contribution in [3.63, 3.8) is 0 Å². The highest BCUT2D eigenvalue weighted by molar-refractivity contribution is 6.32. The van der Waals surface area contributed by atoms with Gasteiger partial charge in [-0.1, -0.05) is 48.0 Å². The van der Waals surface area contributed by atoms with Gasteiger partial charge in [0.2, 0.25) is 0 Å². The third-order valence-corrected chi connectivity index (χ3v) is 9.18. The van der Waals surface area contributed by atoms with Gasteiger partial charge in [-0.15, -0.1) is 0 Å². The fraction of sp³-hybridized carbons (Fsp3) is 0.385. The third kappa shape index (κ3) is 9.26. The number of aliphatic hydroxyl groups is 1. The van der Waals surface area contributed by atoms with Crippen LogP contribution in [0.5, 0.6) is 17.2 Å². The van der Waals surface area contributed by atoms with Gasteiger partial charge in [0.1, 0.15) is 30.5 Å². The van der Waals surface area contributed by atoms with Crippen LogP contribution in [-0.4, -0.2) is 48.9 Å². The predicted octanol–water partition coefficient (Wildman–Crippen LogP) is 8.40. The topological polar surface area (TPSA) is 63.2 Å². The van der Waals surface area contributed by atoms with E-state index in [4.69, 9.17) is 25.8 Å². The molecule has 4 aromatic rings. The summed E-state index contributed by atoms with van der Waals surface area (Å²) in [4.78, 5) is 2.51. The van der Waals surface area contributed by atoms with E-state index in [0.717, 1.165) is 64.2 Å². The van der Waals surface area contributed by atoms with E-state index < -0.39 is 11.6 Å². The van der Waals surface area contributed by atoms with E-state index in [9.17, 15) is 13.9 Å². The zero-order valence-corrected chi connectivity index (χ0v) is 28.7. The maximum absolute atomic E-state index is 13.8. The first-order valence-electron chi connectivity index (χ1n) is 16.6. The molecule has 0 aliphatic carbocycles. The van der Waals surface area contributed by atoms with Crippen molar-refractivity contribution < 1.29 is 28.1 Å². The number of likely N-dealkylation sites (tertiary alicyclic amines) is 1. The van der Waals surface area contributed by atoms with Gasteiger partial charge in [0.25, 0.3) is 0 Å². The molecule has 1 heterocycles. The van der Waals surface area contributed by atoms with Gasteiger partial charge in [-0.05, 0) is 111 Å². The molecule has 0 radical (unpaired) electrons. The average Bonchev–Trinajstić information content (AvgIpc) is 3.61. The van der Waals surface area contributed by atoms with Crippen LogP contribution in [0.25, 0.3) is 11.1 Å². The zero-order valence-electron chi connectivity index (χ0n) is 28.0. The lowest BCUT2D eigenvalue weighted by Gasteiger charge is -2.19. The summed E-state index contributed by atoms with van der Waals surface area (Å²) in [5, 5.41) is 13.1. The van der Waals surface area contributed by atoms with Crippen molar-refractivity contribution in [2.45, 2.75) is 65.8 Å². The Hall–Kier alpha value is -3.69. The van der Waals surface area contributed by atoms with Crippen LogP contribution in [-0.2, 0) is 19.8 Å². The number of ether oxygens (including phenoxy) is 3. The second kappa shape index (κ2) is 17.1. The van der Waals surface area contributed by atoms with Gasteiger partial charge in [0.05, 0.1) is 18.2 Å². The molecule has 0 bridgehead atoms. The molecule has 256 valence electrons. The maximum Gasteiger partial charge on any atom is 0.159 e. The molecule has 2 N–H and O–H groups in total. The smallest absolute Gasteiger partial charge is 0.159 e. The molecule has 1 aliphatic rings. The first-order chi connectivity index (χ1) is 23.2. The standard InChI is InChI=1S/C39H45ClF2N2O4/c1-26(23-45)43-22-31-20-34(40)39(21-38(31)47-24-29-13-14-35(41)36(42)19-29)48-25-30-9-6-10-32(27(30)2)33-11-7-12-37(28(33)3)46-18-8-17-44-15-4-5-16-44/h6-7,9-14,19-21,26,43,45H,4-5,8,15-18,22-25H2,1-3H3. The molecule has 0 spiro atoms. The average molecular weight is 679 g/mol. The van der Waals surface area contributed by atoms with Crippen LogP contribution in [0.4, 0.5) is 8.78 Å². The second-order valence-corrected chi connectivity index (χ2v) is 12.9. The Morgan fingerprint density at radius 3 is 2.29 bits per heavy atom. The van der Waals surface area contributed by atoms with Crippen LogP contribution in [0.3, 0.4) is 0 Å². The number of halogens is 3. The Morgan fingerprint density at radius 1 is 0.812 bits per heavy atom. The Labute approximate surface area is 287 Å². The van der Waals surface area contributed by atoms with Crippen molar-refractivity contribution in [2.24, 2.45) is 0 Å². The van der Waals surface area contributed by atoms with Crippen LogP contribution in [0.2, 0.25) is 5.02 Å². The first kappa shape index (κ1) is 35.6. The lowest BCUT2D eigenvalue weighted by molar-refractivity contribution is 0.249. The molecule has 0 saturated carbocycles. The van der Waals surface area contributed by atoms with E-state index in [-0.39, 0.29) is 25.9 Å². The van der Waals surface area contributed by atoms with E-state index in [1.807, 2.05) is 31.2 Å². The molecule has 1 atom stereocenters. The van der Waals surface area contributed by atoms with Crippen LogP contribution in [0, 0.1) is 25.5 Å². The highest BCUT2D eigenvalue weighted by atomic mass is 35.5. The van der Waals surface area contributed by atoms with E-state index >= 15 is 0 Å². The minimum Gasteiger partial charge on any atom is -0.493 e. The Kier molecular flexibility index (Phi) is 12.7. The molecule has 0 amide bonds. The van der Waals surface area contributed by atoms with Gasteiger partial charge in [-0.2, -0.15) is 0 Å². The monoisotopic (exact) mass is 678 g/mol. The van der Waals surface area contributed by atoms with Crippen molar-refractivity contribution >= 4 is 11.6 Å². The molecule has 1 aliphatic heterocycles. The summed E-state index contributed by atoms with van der Waals surface area (Å²) >= 11 is 6.70. The number of hydrogen-bond donors (Lipinski definition) is 2. The van der Waals surface area contributed by atoms with Gasteiger partial charge >= 0.3 is 0 Å². The van der Waals surface area contributed by atoms with Crippen LogP contribution >= 0.6 is 11.6 Å². The SMILES string of the molecule is Cc1c(COc2cc(OCc3ccc(F)c(F)c3)c(CNC(C)CO)cc2Cl)cccc1-c1cccc(OCCCN2CCCC2)c1C. The first-order valence-corrected chi connectivity index (χ1v) is 17.0. The van der Waals surface area contributed by atoms with Crippen LogP contribution in [0.15, 0.2) is 66.7 Å². The summed E-state index contributed by atoms with van der Waals surface area (Å²) in [5.41, 5.74) is 6.65. The Balaban J connectivity index is 1.30. The van der Waals surface area contributed by atoms with E-state index in [2.05, 4.69) is 36.2 Å². The van der Waals surface area contributed by atoms with Crippen molar-refractivity contribution in [1.82, 2.24) is 10.2 Å². The Morgan fingerprint density at radius 2 is 1.54 bits per heavy atom. The summed E-state index contributed by atoms with van der Waals surface area (Å²) in [7, 11) is 0. The molecule has 1 unspecified atom stereocenters. The summed E-state index contributed by atoms with van der Waals surface area (Å²) in [5.74, 6) is -0.0329. The lowest BCUT2D eigenvalue weighted by Crippen LogP contribution is -2.28. The summed E-state index contributed by atoms with van der Waals surface area (Å²) in [6.07, 6.45) is 3.60. The van der Waals surface area contributed by atoms with Crippen molar-refractivity contribution in [2.75, 3.05) is 32.8 Å². The molecule has 48 heavy (non-hydrogen) atoms. The number of benzene rings is 4. The highest BCUT2D eigenvalue weighted by Gasteiger charge is 2.16. The third-order valence-electron chi connectivity index (χ3n) is 8.89. The van der Waals surface area contributed by atoms with Gasteiger partial charge < -0.3 is 29.5 Å². The number of rotatable bonds is 16. The van der Waals surface area contributed by atoms with Crippen LogP contribution < -0.4 is 19.5 Å². The highest BCUT2D eigenvalue weighted by Crippen LogP contribution is 2.36. The molecule has 1 saturated heterocycles. The maximum atomic E-state index is 13.8. The Bertz CT molecular complexity index is 1680. The molecule has 0 aromatic heterocycles. The molecule has 9 heteroatoms. The van der Waals surface area contributed by atoms with E-state index in [1.54, 1.807) is 12.1 Å². The second-order valence-electron chi connectivity index (χ2n) is 12.4. The number of hydrogen-bond acceptors (Lipinski definition) is 6. The van der Waals surface area contributed by atoms with Crippen LogP contribution in [0.1, 0.15) is 54.0 Å². The molecule has 1 fully saturated rings. The van der Waals surface area contributed by atoms with Gasteiger partial charge in [-0.25, -0.2) is 8.78 Å². The molecule has 6 nitrogen and oxygen atoms in total. The minimum atomic E-state index is -0.935. The fourth-order valence-electron chi connectivity index (χ4n) is 5.92. The van der Waals surface area contributed by atoms with Crippen molar-refractivity contribution in [3.05, 3.63) is 111 Å². The molecular weight excluding hydrogens is 634 g/mol. The number of aliphatic hydroxyl groups excluding tert-OH is 1. The van der Waals surface area contributed by atoms with Gasteiger partial charge in [-0.3, -0.25) is 0 Å². The zero-order chi connectivity index (χ0) is 34.0. The molecule has 4 aromatic carbocycles. The number of nitrogens with one attached hydrogen (secondary N) is 1. The largest absolute Gasteiger partial charge is 0.493 e. The number of nitrogens with zero attached hydrogens (tertiary/aromatic N) is 1. The van der Waals surface area contributed by atoms with Crippen molar-refractivity contribution in [3.8, 4) is 28.4 Å². The van der Waals surface area contributed by atoms with E-state index in [1.165, 1.54) is 32.0 Å². The molecule has 5 rings (SSSR count). The van der Waals surface area contributed by atoms with Crippen molar-refractivity contribution in [1.29, 1.82) is 0 Å². The fourth-order valence-corrected chi connectivity index (χ4v) is 6.17. The summed E-state index contributed by atoms with van der Waals surface area (Å²) in [6, 6.07) is 19.4. The molecular formula is C39H45ClF2N2O4. The quantitative estimate of drug-likeness (QED) is 0.116. The predicted molar refractivity (Wildman–Crippen MR) is 187 cm³/mol. The van der Waals surface area contributed by atoms with Gasteiger partial charge in [0, 0.05) is 30.8 Å².